The van der Waals surface area contributed by atoms with Crippen LogP contribution in [0, 0.1) is 5.92 Å². The van der Waals surface area contributed by atoms with Crippen molar-refractivity contribution < 1.29 is 54.4 Å². The molecule has 34 heavy (non-hydrogen) atoms. The quantitative estimate of drug-likeness (QED) is 0.477. The molecule has 5 nitrogen and oxygen atoms in total. The van der Waals surface area contributed by atoms with Gasteiger partial charge in [0.05, 0.1) is 12.2 Å². The third kappa shape index (κ3) is 8.69. The largest absolute Gasteiger partial charge is 1.00 e. The van der Waals surface area contributed by atoms with E-state index < -0.39 is 24.6 Å². The monoisotopic (exact) mass is 476 g/mol. The number of hydrogen-bond donors (Lipinski definition) is 2. The molecule has 2 atom stereocenters. The van der Waals surface area contributed by atoms with Gasteiger partial charge in [0.25, 0.3) is 0 Å². The van der Waals surface area contributed by atoms with E-state index in [1.807, 2.05) is 18.2 Å². The molecule has 0 amide bonds. The summed E-state index contributed by atoms with van der Waals surface area (Å²) in [5.41, 5.74) is 4.60. The van der Waals surface area contributed by atoms with Gasteiger partial charge in [-0.05, 0) is 52.6 Å². The molecule has 180 valence electrons. The summed E-state index contributed by atoms with van der Waals surface area (Å²) < 4.78 is 6.21. The van der Waals surface area contributed by atoms with Gasteiger partial charge in [0.2, 0.25) is 0 Å². The van der Waals surface area contributed by atoms with Gasteiger partial charge in [-0.15, -0.1) is 0 Å². The van der Waals surface area contributed by atoms with Gasteiger partial charge in [-0.3, -0.25) is 0 Å². The van der Waals surface area contributed by atoms with Crippen molar-refractivity contribution in [1.82, 2.24) is 0 Å². The van der Waals surface area contributed by atoms with E-state index in [0.717, 1.165) is 23.3 Å². The molecule has 1 aliphatic rings. The van der Waals surface area contributed by atoms with Crippen molar-refractivity contribution in [3.63, 3.8) is 0 Å². The van der Waals surface area contributed by atoms with Gasteiger partial charge in [0.15, 0.2) is 0 Å². The van der Waals surface area contributed by atoms with Gasteiger partial charge in [0.1, 0.15) is 12.4 Å². The average molecular weight is 477 g/mol. The number of carboxylic acid groups (broad SMARTS) is 1. The Bertz CT molecular complexity index is 893. The number of ether oxygens (including phenoxy) is 1. The van der Waals surface area contributed by atoms with Gasteiger partial charge in [0, 0.05) is 18.8 Å². The summed E-state index contributed by atoms with van der Waals surface area (Å²) in [6.07, 6.45) is 4.57. The molecule has 2 aromatic rings. The summed E-state index contributed by atoms with van der Waals surface area (Å²) in [5.74, 6) is 0.351. The van der Waals surface area contributed by atoms with Gasteiger partial charge in [-0.25, -0.2) is 0 Å². The molecular formula is C28H37NaO5. The standard InChI is InChI=1S/C28H38O5.Na/c1-19(2)26-15-22(21-11-7-4-8-12-21)14-23(13-20-9-5-3-6-10-20)28(26)33-18-25(30)16-24(29)17-27(31)32;/h4,7-8,11-12,14-15,19-20,24-25,29-30H,3,5-6,9-10,13,16-18H2,1-2H3,(H,31,32);/q;+1/p-1/t24-,25+;/m1./s1. The molecule has 0 radical (unpaired) electrons. The Morgan fingerprint density at radius 3 is 2.32 bits per heavy atom. The van der Waals surface area contributed by atoms with Crippen LogP contribution >= 0.6 is 0 Å². The fourth-order valence-corrected chi connectivity index (χ4v) is 4.81. The van der Waals surface area contributed by atoms with Crippen LogP contribution < -0.4 is 39.4 Å². The van der Waals surface area contributed by atoms with Crippen LogP contribution in [0.1, 0.15) is 75.8 Å². The first-order chi connectivity index (χ1) is 15.8. The first kappa shape index (κ1) is 28.9. The molecule has 6 heteroatoms. The van der Waals surface area contributed by atoms with Gasteiger partial charge < -0.3 is 24.9 Å². The van der Waals surface area contributed by atoms with Crippen LogP contribution in [-0.4, -0.2) is 35.0 Å². The molecule has 0 bridgehead atoms. The predicted octanol–water partition coefficient (Wildman–Crippen LogP) is 1.23. The van der Waals surface area contributed by atoms with Crippen molar-refractivity contribution in [1.29, 1.82) is 0 Å². The summed E-state index contributed by atoms with van der Waals surface area (Å²) in [6, 6.07) is 14.7. The van der Waals surface area contributed by atoms with Crippen molar-refractivity contribution in [3.05, 3.63) is 53.6 Å². The molecule has 2 aromatic carbocycles. The van der Waals surface area contributed by atoms with Crippen molar-refractivity contribution >= 4 is 5.97 Å². The molecule has 0 unspecified atom stereocenters. The Hall–Kier alpha value is -1.37. The third-order valence-electron chi connectivity index (χ3n) is 6.52. The number of hydrogen-bond acceptors (Lipinski definition) is 5. The Labute approximate surface area is 225 Å². The molecule has 0 heterocycles. The van der Waals surface area contributed by atoms with Crippen LogP contribution in [-0.2, 0) is 11.2 Å². The maximum absolute atomic E-state index is 10.7. The zero-order valence-electron chi connectivity index (χ0n) is 20.8. The average Bonchev–Trinajstić information content (AvgIpc) is 2.78. The fraction of sp³-hybridized carbons (Fsp3) is 0.536. The molecule has 0 spiro atoms. The van der Waals surface area contributed by atoms with Crippen LogP contribution in [0.5, 0.6) is 5.75 Å². The zero-order valence-corrected chi connectivity index (χ0v) is 22.8. The van der Waals surface area contributed by atoms with Gasteiger partial charge >= 0.3 is 29.6 Å². The first-order valence-electron chi connectivity index (χ1n) is 12.2. The topological polar surface area (TPSA) is 89.8 Å². The minimum atomic E-state index is -1.33. The molecule has 2 N–H and O–H groups in total. The number of carbonyl (C=O) groups excluding carboxylic acids is 1. The summed E-state index contributed by atoms with van der Waals surface area (Å²) in [6.45, 7) is 4.29. The maximum Gasteiger partial charge on any atom is 1.00 e. The zero-order chi connectivity index (χ0) is 23.8. The molecule has 1 aliphatic carbocycles. The van der Waals surface area contributed by atoms with Gasteiger partial charge in [-0.1, -0.05) is 76.3 Å². The second-order valence-electron chi connectivity index (χ2n) is 9.71. The summed E-state index contributed by atoms with van der Waals surface area (Å²) in [7, 11) is 0. The van der Waals surface area contributed by atoms with Crippen molar-refractivity contribution in [2.45, 2.75) is 83.3 Å². The normalized spacial score (nSPS) is 16.0. The van der Waals surface area contributed by atoms with E-state index in [2.05, 4.69) is 38.1 Å². The van der Waals surface area contributed by atoms with E-state index in [9.17, 15) is 20.1 Å². The van der Waals surface area contributed by atoms with Crippen molar-refractivity contribution in [3.8, 4) is 16.9 Å². The van der Waals surface area contributed by atoms with E-state index in [0.29, 0.717) is 5.92 Å². The summed E-state index contributed by atoms with van der Waals surface area (Å²) in [5, 5.41) is 30.9. The Morgan fingerprint density at radius 1 is 1.03 bits per heavy atom. The number of benzene rings is 2. The summed E-state index contributed by atoms with van der Waals surface area (Å²) in [4.78, 5) is 10.7. The van der Waals surface area contributed by atoms with Crippen molar-refractivity contribution in [2.75, 3.05) is 6.61 Å². The molecule has 0 saturated heterocycles. The first-order valence-corrected chi connectivity index (χ1v) is 12.2. The van der Waals surface area contributed by atoms with E-state index in [1.165, 1.54) is 43.2 Å². The number of aliphatic carboxylic acids is 1. The van der Waals surface area contributed by atoms with Gasteiger partial charge in [-0.2, -0.15) is 0 Å². The molecular weight excluding hydrogens is 439 g/mol. The third-order valence-corrected chi connectivity index (χ3v) is 6.52. The van der Waals surface area contributed by atoms with E-state index in [1.54, 1.807) is 0 Å². The minimum Gasteiger partial charge on any atom is -0.550 e. The van der Waals surface area contributed by atoms with E-state index >= 15 is 0 Å². The number of carboxylic acids is 1. The number of rotatable bonds is 11. The summed E-state index contributed by atoms with van der Waals surface area (Å²) >= 11 is 0. The second-order valence-corrected chi connectivity index (χ2v) is 9.71. The van der Waals surface area contributed by atoms with Crippen LogP contribution in [0.25, 0.3) is 11.1 Å². The molecule has 0 aliphatic heterocycles. The molecule has 1 saturated carbocycles. The SMILES string of the molecule is CC(C)c1cc(-c2ccccc2)cc(CC2CCCCC2)c1OC[C@@H](O)C[C@@H](O)CC(=O)[O-].[Na+]. The predicted molar refractivity (Wildman–Crippen MR) is 128 cm³/mol. The number of aliphatic hydroxyl groups is 2. The minimum absolute atomic E-state index is 0. The van der Waals surface area contributed by atoms with Crippen molar-refractivity contribution in [2.24, 2.45) is 5.92 Å². The Morgan fingerprint density at radius 2 is 1.71 bits per heavy atom. The number of aliphatic hydroxyl groups excluding tert-OH is 2. The van der Waals surface area contributed by atoms with Crippen LogP contribution in [0.4, 0.5) is 0 Å². The second kappa shape index (κ2) is 14.3. The maximum atomic E-state index is 10.7. The molecule has 3 rings (SSSR count). The molecule has 1 fully saturated rings. The molecule has 0 aromatic heterocycles. The van der Waals surface area contributed by atoms with Crippen LogP contribution in [0.15, 0.2) is 42.5 Å². The van der Waals surface area contributed by atoms with E-state index in [-0.39, 0.29) is 48.5 Å². The van der Waals surface area contributed by atoms with Crippen LogP contribution in [0.2, 0.25) is 0 Å². The Balaban J connectivity index is 0.00000408. The Kier molecular flexibility index (Phi) is 12.1. The van der Waals surface area contributed by atoms with E-state index in [4.69, 9.17) is 4.74 Å². The number of carbonyl (C=O) groups is 1. The smallest absolute Gasteiger partial charge is 0.550 e. The fourth-order valence-electron chi connectivity index (χ4n) is 4.81. The van der Waals surface area contributed by atoms with Crippen LogP contribution in [0.3, 0.4) is 0 Å².